The smallest absolute Gasteiger partial charge is 0.145 e. The second kappa shape index (κ2) is 5.54. The molecule has 0 spiro atoms. The molecule has 5 heteroatoms. The molecule has 0 radical (unpaired) electrons. The third kappa shape index (κ3) is 2.28. The van der Waals surface area contributed by atoms with Gasteiger partial charge in [0, 0.05) is 13.6 Å². The lowest BCUT2D eigenvalue weighted by Gasteiger charge is -2.09. The zero-order valence-corrected chi connectivity index (χ0v) is 12.3. The maximum Gasteiger partial charge on any atom is 0.145 e. The number of aromatic nitrogens is 2. The van der Waals surface area contributed by atoms with Crippen LogP contribution < -0.4 is 10.1 Å². The van der Waals surface area contributed by atoms with Crippen molar-refractivity contribution in [2.75, 3.05) is 14.2 Å². The van der Waals surface area contributed by atoms with Crippen LogP contribution in [-0.4, -0.2) is 23.7 Å². The minimum atomic E-state index is 0.763. The van der Waals surface area contributed by atoms with Gasteiger partial charge in [0.1, 0.15) is 16.2 Å². The molecule has 1 aromatic carbocycles. The second-order valence-electron chi connectivity index (χ2n) is 3.96. The Morgan fingerprint density at radius 3 is 2.78 bits per heavy atom. The number of halogens is 1. The lowest BCUT2D eigenvalue weighted by molar-refractivity contribution is 0.416. The fourth-order valence-electron chi connectivity index (χ4n) is 1.93. The molecule has 0 atom stereocenters. The number of imidazole rings is 1. The summed E-state index contributed by atoms with van der Waals surface area (Å²) in [5.41, 5.74) is 2.10. The van der Waals surface area contributed by atoms with Gasteiger partial charge in [-0.15, -0.1) is 0 Å². The van der Waals surface area contributed by atoms with Gasteiger partial charge in [-0.2, -0.15) is 0 Å². The van der Waals surface area contributed by atoms with Crippen LogP contribution in [0.1, 0.15) is 5.69 Å². The number of ether oxygens (including phenoxy) is 1. The quantitative estimate of drug-likeness (QED) is 0.943. The van der Waals surface area contributed by atoms with Gasteiger partial charge in [0.2, 0.25) is 0 Å². The first-order chi connectivity index (χ1) is 8.69. The van der Waals surface area contributed by atoms with Crippen LogP contribution in [0.25, 0.3) is 11.4 Å². The molecule has 1 N–H and O–H groups in total. The zero-order valence-electron chi connectivity index (χ0n) is 10.7. The van der Waals surface area contributed by atoms with E-state index in [-0.39, 0.29) is 0 Å². The first-order valence-corrected chi connectivity index (χ1v) is 6.47. The predicted octanol–water partition coefficient (Wildman–Crippen LogP) is 2.58. The highest BCUT2D eigenvalue weighted by Crippen LogP contribution is 2.31. The fourth-order valence-corrected chi connectivity index (χ4v) is 2.50. The third-order valence-electron chi connectivity index (χ3n) is 2.86. The Morgan fingerprint density at radius 2 is 2.11 bits per heavy atom. The Kier molecular flexibility index (Phi) is 4.04. The molecule has 0 amide bonds. The predicted molar refractivity (Wildman–Crippen MR) is 75.7 cm³/mol. The summed E-state index contributed by atoms with van der Waals surface area (Å²) in [6.45, 7) is 0.763. The van der Waals surface area contributed by atoms with Crippen LogP contribution in [0.2, 0.25) is 0 Å². The Labute approximate surface area is 115 Å². The highest BCUT2D eigenvalue weighted by atomic mass is 79.9. The Bertz CT molecular complexity index is 551. The maximum absolute atomic E-state index is 5.38. The van der Waals surface area contributed by atoms with E-state index >= 15 is 0 Å². The molecule has 0 aliphatic carbocycles. The van der Waals surface area contributed by atoms with E-state index in [9.17, 15) is 0 Å². The van der Waals surface area contributed by atoms with Gasteiger partial charge in [0.05, 0.1) is 18.4 Å². The minimum absolute atomic E-state index is 0.763. The summed E-state index contributed by atoms with van der Waals surface area (Å²) in [4.78, 5) is 4.57. The highest BCUT2D eigenvalue weighted by Gasteiger charge is 2.16. The Morgan fingerprint density at radius 1 is 1.39 bits per heavy atom. The lowest BCUT2D eigenvalue weighted by Crippen LogP contribution is -2.10. The SMILES string of the molecule is CNCc1c(Br)nc(-c2ccccc2OC)n1C. The molecule has 96 valence electrons. The molecule has 0 saturated carbocycles. The molecule has 0 bridgehead atoms. The maximum atomic E-state index is 5.38. The van der Waals surface area contributed by atoms with Crippen molar-refractivity contribution in [1.29, 1.82) is 0 Å². The summed E-state index contributed by atoms with van der Waals surface area (Å²) in [5, 5.41) is 3.14. The summed E-state index contributed by atoms with van der Waals surface area (Å²) >= 11 is 3.50. The van der Waals surface area contributed by atoms with E-state index in [1.807, 2.05) is 38.4 Å². The standard InChI is InChI=1S/C13H16BrN3O/c1-15-8-10-12(14)16-13(17(10)2)9-6-4-5-7-11(9)18-3/h4-7,15H,8H2,1-3H3. The van der Waals surface area contributed by atoms with Crippen molar-refractivity contribution in [2.45, 2.75) is 6.54 Å². The number of benzene rings is 1. The van der Waals surface area contributed by atoms with Crippen molar-refractivity contribution in [3.8, 4) is 17.1 Å². The summed E-state index contributed by atoms with van der Waals surface area (Å²) in [6, 6.07) is 7.89. The van der Waals surface area contributed by atoms with E-state index in [1.54, 1.807) is 7.11 Å². The van der Waals surface area contributed by atoms with Crippen molar-refractivity contribution in [3.63, 3.8) is 0 Å². The number of nitrogens with one attached hydrogen (secondary N) is 1. The van der Waals surface area contributed by atoms with Crippen molar-refractivity contribution in [3.05, 3.63) is 34.6 Å². The van der Waals surface area contributed by atoms with Crippen LogP contribution >= 0.6 is 15.9 Å². The van der Waals surface area contributed by atoms with E-state index in [4.69, 9.17) is 4.74 Å². The van der Waals surface area contributed by atoms with E-state index < -0.39 is 0 Å². The van der Waals surface area contributed by atoms with Gasteiger partial charge < -0.3 is 14.6 Å². The highest BCUT2D eigenvalue weighted by molar-refractivity contribution is 9.10. The molecule has 0 aliphatic rings. The van der Waals surface area contributed by atoms with Gasteiger partial charge >= 0.3 is 0 Å². The van der Waals surface area contributed by atoms with E-state index in [1.165, 1.54) is 0 Å². The molecule has 0 aliphatic heterocycles. The van der Waals surface area contributed by atoms with Crippen LogP contribution in [-0.2, 0) is 13.6 Å². The molecule has 0 unspecified atom stereocenters. The van der Waals surface area contributed by atoms with Crippen molar-refractivity contribution >= 4 is 15.9 Å². The lowest BCUT2D eigenvalue weighted by atomic mass is 10.2. The van der Waals surface area contributed by atoms with Gasteiger partial charge in [-0.3, -0.25) is 0 Å². The summed E-state index contributed by atoms with van der Waals surface area (Å²) in [5.74, 6) is 1.72. The molecular weight excluding hydrogens is 294 g/mol. The normalized spacial score (nSPS) is 10.7. The average Bonchev–Trinajstić information content (AvgIpc) is 2.67. The minimum Gasteiger partial charge on any atom is -0.496 e. The number of hydrogen-bond donors (Lipinski definition) is 1. The van der Waals surface area contributed by atoms with E-state index in [0.717, 1.165) is 34.0 Å². The van der Waals surface area contributed by atoms with Gasteiger partial charge in [0.25, 0.3) is 0 Å². The van der Waals surface area contributed by atoms with Crippen molar-refractivity contribution < 1.29 is 4.74 Å². The Balaban J connectivity index is 2.54. The molecule has 2 rings (SSSR count). The van der Waals surface area contributed by atoms with Gasteiger partial charge in [-0.25, -0.2) is 4.98 Å². The number of methoxy groups -OCH3 is 1. The van der Waals surface area contributed by atoms with Crippen LogP contribution in [0.4, 0.5) is 0 Å². The first-order valence-electron chi connectivity index (χ1n) is 5.68. The summed E-state index contributed by atoms with van der Waals surface area (Å²) in [6.07, 6.45) is 0. The average molecular weight is 310 g/mol. The van der Waals surface area contributed by atoms with Crippen molar-refractivity contribution in [1.82, 2.24) is 14.9 Å². The van der Waals surface area contributed by atoms with E-state index in [0.29, 0.717) is 0 Å². The topological polar surface area (TPSA) is 39.1 Å². The largest absolute Gasteiger partial charge is 0.496 e. The first kappa shape index (κ1) is 13.1. The molecule has 1 heterocycles. The Hall–Kier alpha value is -1.33. The van der Waals surface area contributed by atoms with Crippen LogP contribution in [0.3, 0.4) is 0 Å². The molecular formula is C13H16BrN3O. The number of rotatable bonds is 4. The van der Waals surface area contributed by atoms with Gasteiger partial charge in [-0.1, -0.05) is 12.1 Å². The number of hydrogen-bond acceptors (Lipinski definition) is 3. The van der Waals surface area contributed by atoms with Gasteiger partial charge in [-0.05, 0) is 35.1 Å². The summed E-state index contributed by atoms with van der Waals surface area (Å²) in [7, 11) is 5.60. The van der Waals surface area contributed by atoms with Crippen molar-refractivity contribution in [2.24, 2.45) is 7.05 Å². The van der Waals surface area contributed by atoms with Gasteiger partial charge in [0.15, 0.2) is 0 Å². The van der Waals surface area contributed by atoms with Crippen LogP contribution in [0.5, 0.6) is 5.75 Å². The second-order valence-corrected chi connectivity index (χ2v) is 4.71. The molecule has 0 saturated heterocycles. The molecule has 1 aromatic heterocycles. The third-order valence-corrected chi connectivity index (χ3v) is 3.49. The number of nitrogens with zero attached hydrogens (tertiary/aromatic N) is 2. The van der Waals surface area contributed by atoms with E-state index in [2.05, 4.69) is 30.8 Å². The molecule has 18 heavy (non-hydrogen) atoms. The number of para-hydroxylation sites is 1. The molecule has 4 nitrogen and oxygen atoms in total. The monoisotopic (exact) mass is 309 g/mol. The zero-order chi connectivity index (χ0) is 13.1. The molecule has 2 aromatic rings. The molecule has 0 fully saturated rings. The summed E-state index contributed by atoms with van der Waals surface area (Å²) < 4.78 is 8.31. The van der Waals surface area contributed by atoms with Crippen LogP contribution in [0.15, 0.2) is 28.9 Å². The van der Waals surface area contributed by atoms with Crippen LogP contribution in [0, 0.1) is 0 Å². The fraction of sp³-hybridized carbons (Fsp3) is 0.308.